The summed E-state index contributed by atoms with van der Waals surface area (Å²) in [4.78, 5) is 15.2. The van der Waals surface area contributed by atoms with Crippen molar-refractivity contribution < 1.29 is 4.42 Å². The number of hydrogen-bond donors (Lipinski definition) is 0. The van der Waals surface area contributed by atoms with Crippen molar-refractivity contribution >= 4 is 43.5 Å². The number of benzene rings is 7. The summed E-state index contributed by atoms with van der Waals surface area (Å²) in [7, 11) is 0. The molecule has 9 rings (SSSR count). The number of aromatic nitrogens is 3. The first kappa shape index (κ1) is 25.4. The average molecular weight is 576 g/mol. The predicted molar refractivity (Wildman–Crippen MR) is 184 cm³/mol. The average Bonchev–Trinajstić information content (AvgIpc) is 3.51. The van der Waals surface area contributed by atoms with E-state index in [1.807, 2.05) is 42.5 Å². The first-order valence-electron chi connectivity index (χ1n) is 15.0. The zero-order valence-corrected chi connectivity index (χ0v) is 24.2. The van der Waals surface area contributed by atoms with E-state index in [1.165, 1.54) is 5.39 Å². The summed E-state index contributed by atoms with van der Waals surface area (Å²) in [6.07, 6.45) is 0. The van der Waals surface area contributed by atoms with E-state index in [1.54, 1.807) is 0 Å². The van der Waals surface area contributed by atoms with Gasteiger partial charge in [-0.25, -0.2) is 15.0 Å². The molecule has 0 amide bonds. The minimum atomic E-state index is 0.605. The maximum Gasteiger partial charge on any atom is 0.164 e. The van der Waals surface area contributed by atoms with Crippen molar-refractivity contribution in [2.24, 2.45) is 0 Å². The van der Waals surface area contributed by atoms with E-state index in [0.717, 1.165) is 65.9 Å². The highest BCUT2D eigenvalue weighted by Crippen LogP contribution is 2.43. The van der Waals surface area contributed by atoms with Crippen LogP contribution >= 0.6 is 0 Å². The molecule has 0 aliphatic carbocycles. The Kier molecular flexibility index (Phi) is 5.78. The molecular weight excluding hydrogens is 550 g/mol. The lowest BCUT2D eigenvalue weighted by molar-refractivity contribution is 0.669. The minimum Gasteiger partial charge on any atom is -0.456 e. The number of rotatable bonds is 4. The summed E-state index contributed by atoms with van der Waals surface area (Å²) in [5.74, 6) is 1.86. The summed E-state index contributed by atoms with van der Waals surface area (Å²) in [5, 5.41) is 6.68. The highest BCUT2D eigenvalue weighted by atomic mass is 16.3. The Labute approximate surface area is 259 Å². The summed E-state index contributed by atoms with van der Waals surface area (Å²) in [5.41, 5.74) is 6.74. The fourth-order valence-corrected chi connectivity index (χ4v) is 6.39. The second-order valence-electron chi connectivity index (χ2n) is 11.2. The van der Waals surface area contributed by atoms with Crippen molar-refractivity contribution in [3.8, 4) is 45.3 Å². The van der Waals surface area contributed by atoms with Crippen LogP contribution in [-0.4, -0.2) is 15.0 Å². The molecule has 9 aromatic rings. The van der Waals surface area contributed by atoms with Gasteiger partial charge in [0.1, 0.15) is 11.2 Å². The van der Waals surface area contributed by atoms with Crippen molar-refractivity contribution in [3.05, 3.63) is 152 Å². The van der Waals surface area contributed by atoms with Gasteiger partial charge in [-0.2, -0.15) is 0 Å². The smallest absolute Gasteiger partial charge is 0.164 e. The fourth-order valence-electron chi connectivity index (χ4n) is 6.39. The molecule has 0 unspecified atom stereocenters. The Hall–Kier alpha value is -6.13. The van der Waals surface area contributed by atoms with E-state index in [0.29, 0.717) is 17.5 Å². The van der Waals surface area contributed by atoms with Crippen molar-refractivity contribution in [2.45, 2.75) is 0 Å². The molecule has 7 aromatic carbocycles. The van der Waals surface area contributed by atoms with E-state index in [4.69, 9.17) is 19.4 Å². The fraction of sp³-hybridized carbons (Fsp3) is 0. The summed E-state index contributed by atoms with van der Waals surface area (Å²) in [6, 6.07) is 52.1. The van der Waals surface area contributed by atoms with Crippen LogP contribution in [0.3, 0.4) is 0 Å². The first-order chi connectivity index (χ1) is 22.3. The predicted octanol–water partition coefficient (Wildman–Crippen LogP) is 10.7. The molecule has 45 heavy (non-hydrogen) atoms. The van der Waals surface area contributed by atoms with Gasteiger partial charge in [0.05, 0.1) is 0 Å². The summed E-state index contributed by atoms with van der Waals surface area (Å²) < 4.78 is 6.59. The van der Waals surface area contributed by atoms with Gasteiger partial charge in [-0.1, -0.05) is 133 Å². The molecule has 0 N–H and O–H groups in total. The molecule has 4 nitrogen and oxygen atoms in total. The molecule has 2 aromatic heterocycles. The van der Waals surface area contributed by atoms with Gasteiger partial charge in [0, 0.05) is 27.5 Å². The summed E-state index contributed by atoms with van der Waals surface area (Å²) >= 11 is 0. The molecule has 4 heteroatoms. The lowest BCUT2D eigenvalue weighted by atomic mass is 9.94. The molecule has 2 heterocycles. The van der Waals surface area contributed by atoms with Crippen molar-refractivity contribution in [1.82, 2.24) is 15.0 Å². The molecule has 0 saturated heterocycles. The van der Waals surface area contributed by atoms with Crippen LogP contribution in [0.4, 0.5) is 0 Å². The third-order valence-corrected chi connectivity index (χ3v) is 8.51. The Morgan fingerprint density at radius 1 is 0.356 bits per heavy atom. The normalized spacial score (nSPS) is 11.6. The maximum atomic E-state index is 6.59. The molecule has 0 saturated carbocycles. The van der Waals surface area contributed by atoms with E-state index in [-0.39, 0.29) is 0 Å². The van der Waals surface area contributed by atoms with Crippen LogP contribution < -0.4 is 0 Å². The van der Waals surface area contributed by atoms with E-state index in [9.17, 15) is 0 Å². The van der Waals surface area contributed by atoms with Crippen LogP contribution in [0.5, 0.6) is 0 Å². The zero-order chi connectivity index (χ0) is 29.7. The van der Waals surface area contributed by atoms with Crippen LogP contribution in [-0.2, 0) is 0 Å². The van der Waals surface area contributed by atoms with Gasteiger partial charge in [-0.3, -0.25) is 0 Å². The van der Waals surface area contributed by atoms with Gasteiger partial charge in [0.15, 0.2) is 17.5 Å². The van der Waals surface area contributed by atoms with Gasteiger partial charge >= 0.3 is 0 Å². The van der Waals surface area contributed by atoms with Crippen LogP contribution in [0.15, 0.2) is 156 Å². The highest BCUT2D eigenvalue weighted by molar-refractivity contribution is 6.25. The van der Waals surface area contributed by atoms with E-state index >= 15 is 0 Å². The number of nitrogens with zero attached hydrogens (tertiary/aromatic N) is 3. The first-order valence-corrected chi connectivity index (χ1v) is 15.0. The number of furan rings is 1. The van der Waals surface area contributed by atoms with Crippen molar-refractivity contribution in [3.63, 3.8) is 0 Å². The molecule has 210 valence electrons. The zero-order valence-electron chi connectivity index (χ0n) is 24.2. The molecule has 0 radical (unpaired) electrons. The Morgan fingerprint density at radius 3 is 1.80 bits per heavy atom. The second kappa shape index (κ2) is 10.2. The molecule has 0 fully saturated rings. The minimum absolute atomic E-state index is 0.605. The van der Waals surface area contributed by atoms with Crippen LogP contribution in [0.2, 0.25) is 0 Å². The van der Waals surface area contributed by atoms with Crippen LogP contribution in [0, 0.1) is 0 Å². The van der Waals surface area contributed by atoms with E-state index in [2.05, 4.69) is 109 Å². The topological polar surface area (TPSA) is 51.8 Å². The lowest BCUT2D eigenvalue weighted by Crippen LogP contribution is -2.00. The van der Waals surface area contributed by atoms with Gasteiger partial charge < -0.3 is 4.42 Å². The molecule has 0 spiro atoms. The van der Waals surface area contributed by atoms with Gasteiger partial charge in [-0.15, -0.1) is 0 Å². The Bertz CT molecular complexity index is 2540. The maximum absolute atomic E-state index is 6.59. The standard InChI is InChI=1S/C41H25N3O/c1-3-13-27(14-4-1)31-20-11-21-35-37(31)38-33-19-10-9-18-32(33)34(25-36(38)45-35)41-43-39(28-15-5-2-6-16-28)42-40(44-41)30-23-22-26-12-7-8-17-29(26)24-30/h1-25H. The number of fused-ring (bicyclic) bond motifs is 6. The SMILES string of the molecule is c1ccc(-c2nc(-c3ccc4ccccc4c3)nc(-c3cc4oc5cccc(-c6ccccc6)c5c4c4ccccc34)n2)cc1. The quantitative estimate of drug-likeness (QED) is 0.209. The molecule has 0 atom stereocenters. The number of hydrogen-bond acceptors (Lipinski definition) is 4. The van der Waals surface area contributed by atoms with Gasteiger partial charge in [0.2, 0.25) is 0 Å². The second-order valence-corrected chi connectivity index (χ2v) is 11.2. The van der Waals surface area contributed by atoms with E-state index < -0.39 is 0 Å². The Balaban J connectivity index is 1.33. The monoisotopic (exact) mass is 575 g/mol. The Morgan fingerprint density at radius 2 is 1.00 bits per heavy atom. The van der Waals surface area contributed by atoms with Crippen LogP contribution in [0.1, 0.15) is 0 Å². The molecule has 0 aliphatic heterocycles. The van der Waals surface area contributed by atoms with Gasteiger partial charge in [-0.05, 0) is 50.9 Å². The summed E-state index contributed by atoms with van der Waals surface area (Å²) in [6.45, 7) is 0. The third-order valence-electron chi connectivity index (χ3n) is 8.51. The lowest BCUT2D eigenvalue weighted by Gasteiger charge is -2.11. The molecular formula is C41H25N3O. The highest BCUT2D eigenvalue weighted by Gasteiger charge is 2.20. The molecule has 0 aliphatic rings. The largest absolute Gasteiger partial charge is 0.456 e. The molecule has 0 bridgehead atoms. The van der Waals surface area contributed by atoms with Crippen molar-refractivity contribution in [2.75, 3.05) is 0 Å². The van der Waals surface area contributed by atoms with Gasteiger partial charge in [0.25, 0.3) is 0 Å². The van der Waals surface area contributed by atoms with Crippen molar-refractivity contribution in [1.29, 1.82) is 0 Å². The third kappa shape index (κ3) is 4.27. The van der Waals surface area contributed by atoms with Crippen LogP contribution in [0.25, 0.3) is 88.8 Å².